The first-order valence-electron chi connectivity index (χ1n) is 7.10. The van der Waals surface area contributed by atoms with Gasteiger partial charge in [0.1, 0.15) is 5.75 Å². The van der Waals surface area contributed by atoms with Crippen molar-refractivity contribution in [2.75, 3.05) is 5.75 Å². The molecule has 0 aliphatic rings. The fourth-order valence-electron chi connectivity index (χ4n) is 2.02. The molecule has 0 saturated carbocycles. The number of aromatic hydroxyl groups is 1. The largest absolute Gasteiger partial charge is 0.506 e. The summed E-state index contributed by atoms with van der Waals surface area (Å²) in [6.07, 6.45) is 1.38. The monoisotopic (exact) mass is 482 g/mol. The maximum atomic E-state index is 11.9. The van der Waals surface area contributed by atoms with E-state index >= 15 is 0 Å². The fourth-order valence-corrected chi connectivity index (χ4v) is 3.96. The van der Waals surface area contributed by atoms with Gasteiger partial charge in [0.2, 0.25) is 0 Å². The first-order chi connectivity index (χ1) is 12.0. The van der Waals surface area contributed by atoms with E-state index in [1.165, 1.54) is 18.0 Å². The normalized spacial score (nSPS) is 11.3. The minimum Gasteiger partial charge on any atom is -0.506 e. The van der Waals surface area contributed by atoms with Gasteiger partial charge in [-0.25, -0.2) is 10.4 Å². The van der Waals surface area contributed by atoms with Gasteiger partial charge >= 0.3 is 0 Å². The number of phenols is 1. The number of hydrogen-bond acceptors (Lipinski definition) is 5. The lowest BCUT2D eigenvalue weighted by Gasteiger charge is -2.03. The van der Waals surface area contributed by atoms with Crippen molar-refractivity contribution in [2.45, 2.75) is 5.16 Å². The predicted octanol–water partition coefficient (Wildman–Crippen LogP) is 4.04. The van der Waals surface area contributed by atoms with Crippen LogP contribution in [0.25, 0.3) is 11.0 Å². The quantitative estimate of drug-likeness (QED) is 0.290. The van der Waals surface area contributed by atoms with Gasteiger partial charge in [-0.05, 0) is 40.2 Å². The zero-order valence-electron chi connectivity index (χ0n) is 12.7. The predicted molar refractivity (Wildman–Crippen MR) is 106 cm³/mol. The zero-order valence-corrected chi connectivity index (χ0v) is 16.7. The van der Waals surface area contributed by atoms with Crippen molar-refractivity contribution in [1.82, 2.24) is 15.4 Å². The number of hydrazone groups is 1. The van der Waals surface area contributed by atoms with Crippen LogP contribution in [0, 0.1) is 0 Å². The van der Waals surface area contributed by atoms with E-state index in [1.54, 1.807) is 12.1 Å². The van der Waals surface area contributed by atoms with Crippen molar-refractivity contribution in [3.05, 3.63) is 50.9 Å². The average Bonchev–Trinajstić information content (AvgIpc) is 3.00. The van der Waals surface area contributed by atoms with E-state index < -0.39 is 0 Å². The number of carbonyl (C=O) groups is 1. The molecule has 3 aromatic rings. The van der Waals surface area contributed by atoms with Gasteiger partial charge in [0.05, 0.1) is 27.5 Å². The Morgan fingerprint density at radius 3 is 2.96 bits per heavy atom. The summed E-state index contributed by atoms with van der Waals surface area (Å²) in [6, 6.07) is 11.1. The van der Waals surface area contributed by atoms with Gasteiger partial charge in [-0.1, -0.05) is 39.8 Å². The molecule has 25 heavy (non-hydrogen) atoms. The van der Waals surface area contributed by atoms with E-state index in [1.807, 2.05) is 24.3 Å². The molecule has 0 unspecified atom stereocenters. The van der Waals surface area contributed by atoms with Crippen LogP contribution in [0.4, 0.5) is 0 Å². The minimum absolute atomic E-state index is 0.0536. The van der Waals surface area contributed by atoms with Crippen LogP contribution in [0.5, 0.6) is 5.75 Å². The van der Waals surface area contributed by atoms with Crippen molar-refractivity contribution in [3.8, 4) is 5.75 Å². The third-order valence-electron chi connectivity index (χ3n) is 3.16. The van der Waals surface area contributed by atoms with Crippen LogP contribution in [-0.4, -0.2) is 32.9 Å². The van der Waals surface area contributed by atoms with Crippen LogP contribution in [0.2, 0.25) is 0 Å². The number of carbonyl (C=O) groups excluding carboxylic acids is 1. The summed E-state index contributed by atoms with van der Waals surface area (Å²) in [7, 11) is 0. The molecule has 1 aromatic heterocycles. The van der Waals surface area contributed by atoms with Crippen LogP contribution < -0.4 is 5.43 Å². The topological polar surface area (TPSA) is 90.4 Å². The van der Waals surface area contributed by atoms with Crippen molar-refractivity contribution in [1.29, 1.82) is 0 Å². The minimum atomic E-state index is -0.268. The molecule has 0 radical (unpaired) electrons. The highest BCUT2D eigenvalue weighted by Gasteiger charge is 2.07. The van der Waals surface area contributed by atoms with Gasteiger partial charge in [0, 0.05) is 10.0 Å². The lowest BCUT2D eigenvalue weighted by atomic mass is 10.2. The Bertz CT molecular complexity index is 925. The van der Waals surface area contributed by atoms with E-state index in [-0.39, 0.29) is 17.4 Å². The number of aromatic amines is 1. The Hall–Kier alpha value is -1.84. The van der Waals surface area contributed by atoms with Crippen molar-refractivity contribution in [2.24, 2.45) is 5.10 Å². The molecule has 0 spiro atoms. The summed E-state index contributed by atoms with van der Waals surface area (Å²) in [5.41, 5.74) is 4.70. The molecule has 128 valence electrons. The van der Waals surface area contributed by atoms with Crippen molar-refractivity contribution in [3.63, 3.8) is 0 Å². The number of nitrogens with zero attached hydrogens (tertiary/aromatic N) is 2. The molecule has 3 rings (SSSR count). The molecule has 6 nitrogen and oxygen atoms in total. The molecule has 9 heteroatoms. The molecule has 0 aliphatic heterocycles. The Morgan fingerprint density at radius 2 is 2.16 bits per heavy atom. The summed E-state index contributed by atoms with van der Waals surface area (Å²) in [6.45, 7) is 0. The maximum Gasteiger partial charge on any atom is 0.250 e. The fraction of sp³-hybridized carbons (Fsp3) is 0.0625. The van der Waals surface area contributed by atoms with Crippen molar-refractivity contribution >= 4 is 66.8 Å². The summed E-state index contributed by atoms with van der Waals surface area (Å²) < 4.78 is 1.32. The molecule has 0 saturated heterocycles. The van der Waals surface area contributed by atoms with E-state index in [0.717, 1.165) is 15.5 Å². The number of imidazole rings is 1. The molecule has 3 N–H and O–H groups in total. The van der Waals surface area contributed by atoms with Gasteiger partial charge in [-0.15, -0.1) is 0 Å². The van der Waals surface area contributed by atoms with E-state index in [4.69, 9.17) is 0 Å². The van der Waals surface area contributed by atoms with Gasteiger partial charge in [-0.3, -0.25) is 4.79 Å². The number of nitrogens with one attached hydrogen (secondary N) is 2. The van der Waals surface area contributed by atoms with E-state index in [2.05, 4.69) is 52.4 Å². The molecular weight excluding hydrogens is 472 g/mol. The lowest BCUT2D eigenvalue weighted by Crippen LogP contribution is -2.19. The number of amides is 1. The molecule has 1 heterocycles. The number of H-pyrrole nitrogens is 1. The molecular formula is C16H12Br2N4O2S. The number of benzene rings is 2. The first kappa shape index (κ1) is 18.0. The summed E-state index contributed by atoms with van der Waals surface area (Å²) >= 11 is 7.86. The van der Waals surface area contributed by atoms with Gasteiger partial charge in [0.25, 0.3) is 5.91 Å². The second-order valence-electron chi connectivity index (χ2n) is 4.97. The summed E-state index contributed by atoms with van der Waals surface area (Å²) in [5, 5.41) is 14.5. The number of aromatic nitrogens is 2. The molecule has 0 fully saturated rings. The highest BCUT2D eigenvalue weighted by Crippen LogP contribution is 2.30. The summed E-state index contributed by atoms with van der Waals surface area (Å²) in [4.78, 5) is 19.4. The maximum absolute atomic E-state index is 11.9. The Morgan fingerprint density at radius 1 is 1.36 bits per heavy atom. The molecule has 2 aromatic carbocycles. The standard InChI is InChI=1S/C16H12Br2N4O2S/c17-10-5-9(15(24)11(18)6-10)7-19-22-14(23)8-25-16-20-12-3-1-2-4-13(12)21-16/h1-7,24H,8H2,(H,20,21)(H,22,23). The number of fused-ring (bicyclic) bond motifs is 1. The highest BCUT2D eigenvalue weighted by molar-refractivity contribution is 9.11. The number of para-hydroxylation sites is 2. The second kappa shape index (κ2) is 8.03. The SMILES string of the molecule is O=C(CSc1nc2ccccc2[nH]1)NN=Cc1cc(Br)cc(Br)c1O. The van der Waals surface area contributed by atoms with E-state index in [0.29, 0.717) is 15.2 Å². The summed E-state index contributed by atoms with van der Waals surface area (Å²) in [5.74, 6) is -0.0428. The highest BCUT2D eigenvalue weighted by atomic mass is 79.9. The second-order valence-corrected chi connectivity index (χ2v) is 7.70. The Kier molecular flexibility index (Phi) is 5.77. The number of thioether (sulfide) groups is 1. The van der Waals surface area contributed by atoms with Crippen molar-refractivity contribution < 1.29 is 9.90 Å². The van der Waals surface area contributed by atoms with Crippen LogP contribution in [-0.2, 0) is 4.79 Å². The number of halogens is 2. The molecule has 1 amide bonds. The van der Waals surface area contributed by atoms with Crippen LogP contribution in [0.15, 0.2) is 55.6 Å². The third kappa shape index (κ3) is 4.62. The number of phenolic OH excluding ortho intramolecular Hbond substituents is 1. The average molecular weight is 484 g/mol. The van der Waals surface area contributed by atoms with Gasteiger partial charge in [-0.2, -0.15) is 5.10 Å². The number of rotatable bonds is 5. The van der Waals surface area contributed by atoms with Crippen LogP contribution >= 0.6 is 43.6 Å². The van der Waals surface area contributed by atoms with Gasteiger partial charge < -0.3 is 10.1 Å². The van der Waals surface area contributed by atoms with Crippen LogP contribution in [0.1, 0.15) is 5.56 Å². The smallest absolute Gasteiger partial charge is 0.250 e. The van der Waals surface area contributed by atoms with E-state index in [9.17, 15) is 9.90 Å². The zero-order chi connectivity index (χ0) is 17.8. The number of hydrogen-bond donors (Lipinski definition) is 3. The molecule has 0 aliphatic carbocycles. The lowest BCUT2D eigenvalue weighted by molar-refractivity contribution is -0.118. The van der Waals surface area contributed by atoms with Crippen LogP contribution in [0.3, 0.4) is 0 Å². The molecule has 0 bridgehead atoms. The molecule has 0 atom stereocenters. The Balaban J connectivity index is 1.56. The Labute approximate surface area is 164 Å². The van der Waals surface area contributed by atoms with Gasteiger partial charge in [0.15, 0.2) is 5.16 Å². The third-order valence-corrected chi connectivity index (χ3v) is 5.09. The first-order valence-corrected chi connectivity index (χ1v) is 9.67.